The van der Waals surface area contributed by atoms with Crippen molar-refractivity contribution in [3.63, 3.8) is 0 Å². The highest BCUT2D eigenvalue weighted by Gasteiger charge is 2.23. The largest absolute Gasteiger partial charge is 0.241 e. The van der Waals surface area contributed by atoms with Crippen molar-refractivity contribution in [2.24, 2.45) is 5.92 Å². The van der Waals surface area contributed by atoms with E-state index in [0.29, 0.717) is 5.92 Å². The molecular formula is C20H34N2. The zero-order valence-corrected chi connectivity index (χ0v) is 14.7. The third-order valence-electron chi connectivity index (χ3n) is 5.19. The van der Waals surface area contributed by atoms with Gasteiger partial charge in [-0.2, -0.15) is 0 Å². The highest BCUT2D eigenvalue weighted by molar-refractivity contribution is 5.08. The fraction of sp³-hybridized carbons (Fsp3) is 0.800. The fourth-order valence-corrected chi connectivity index (χ4v) is 3.74. The Labute approximate surface area is 137 Å². The lowest BCUT2D eigenvalue weighted by Gasteiger charge is -2.27. The summed E-state index contributed by atoms with van der Waals surface area (Å²) in [5.74, 6) is 2.69. The molecule has 1 saturated carbocycles. The van der Waals surface area contributed by atoms with Crippen LogP contribution < -0.4 is 0 Å². The monoisotopic (exact) mass is 302 g/mol. The van der Waals surface area contributed by atoms with Crippen molar-refractivity contribution in [3.8, 4) is 0 Å². The van der Waals surface area contributed by atoms with Crippen molar-refractivity contribution < 1.29 is 0 Å². The molecule has 1 aliphatic carbocycles. The number of hydrogen-bond donors (Lipinski definition) is 0. The highest BCUT2D eigenvalue weighted by atomic mass is 14.9. The summed E-state index contributed by atoms with van der Waals surface area (Å²) >= 11 is 0. The summed E-state index contributed by atoms with van der Waals surface area (Å²) in [5.41, 5.74) is 1.28. The number of hydrogen-bond acceptors (Lipinski definition) is 2. The van der Waals surface area contributed by atoms with Gasteiger partial charge >= 0.3 is 0 Å². The Bertz CT molecular complexity index is 391. The summed E-state index contributed by atoms with van der Waals surface area (Å²) in [6, 6.07) is 0. The zero-order valence-electron chi connectivity index (χ0n) is 14.7. The van der Waals surface area contributed by atoms with Crippen LogP contribution in [0.4, 0.5) is 0 Å². The Kier molecular flexibility index (Phi) is 7.90. The molecule has 0 spiro atoms. The van der Waals surface area contributed by atoms with Gasteiger partial charge in [-0.1, -0.05) is 58.8 Å². The summed E-state index contributed by atoms with van der Waals surface area (Å²) in [6.07, 6.45) is 20.3. The van der Waals surface area contributed by atoms with Crippen LogP contribution in [0.5, 0.6) is 0 Å². The van der Waals surface area contributed by atoms with Crippen LogP contribution in [-0.4, -0.2) is 9.97 Å². The lowest BCUT2D eigenvalue weighted by atomic mass is 9.79. The van der Waals surface area contributed by atoms with Crippen LogP contribution >= 0.6 is 0 Å². The molecule has 1 aromatic rings. The molecule has 124 valence electrons. The van der Waals surface area contributed by atoms with Crippen LogP contribution in [0.25, 0.3) is 0 Å². The molecule has 1 aromatic heterocycles. The van der Waals surface area contributed by atoms with E-state index in [9.17, 15) is 0 Å². The molecule has 0 atom stereocenters. The van der Waals surface area contributed by atoms with E-state index in [4.69, 9.17) is 0 Å². The van der Waals surface area contributed by atoms with Crippen LogP contribution in [-0.2, 0) is 6.42 Å². The first-order chi connectivity index (χ1) is 10.8. The average molecular weight is 303 g/mol. The molecule has 2 rings (SSSR count). The van der Waals surface area contributed by atoms with Crippen molar-refractivity contribution in [2.45, 2.75) is 96.8 Å². The lowest BCUT2D eigenvalue weighted by Crippen LogP contribution is -2.15. The maximum absolute atomic E-state index is 4.63. The molecule has 0 radical (unpaired) electrons. The summed E-state index contributed by atoms with van der Waals surface area (Å²) in [6.45, 7) is 4.50. The Hall–Kier alpha value is -0.920. The average Bonchev–Trinajstić information content (AvgIpc) is 2.56. The molecule has 0 N–H and O–H groups in total. The molecule has 0 aliphatic heterocycles. The summed E-state index contributed by atoms with van der Waals surface area (Å²) in [5, 5.41) is 0. The quantitative estimate of drug-likeness (QED) is 0.518. The summed E-state index contributed by atoms with van der Waals surface area (Å²) in [7, 11) is 0. The van der Waals surface area contributed by atoms with E-state index < -0.39 is 0 Å². The Morgan fingerprint density at radius 3 is 2.18 bits per heavy atom. The first-order valence-corrected chi connectivity index (χ1v) is 9.64. The van der Waals surface area contributed by atoms with Crippen LogP contribution in [0.3, 0.4) is 0 Å². The predicted octanol–water partition coefficient (Wildman–Crippen LogP) is 6.06. The molecule has 1 aliphatic rings. The third kappa shape index (κ3) is 5.70. The lowest BCUT2D eigenvalue weighted by molar-refractivity contribution is 0.296. The molecule has 22 heavy (non-hydrogen) atoms. The molecule has 0 unspecified atom stereocenters. The molecule has 2 heteroatoms. The Morgan fingerprint density at radius 1 is 0.864 bits per heavy atom. The molecule has 2 nitrogen and oxygen atoms in total. The van der Waals surface area contributed by atoms with Crippen LogP contribution in [0.2, 0.25) is 0 Å². The fourth-order valence-electron chi connectivity index (χ4n) is 3.74. The summed E-state index contributed by atoms with van der Waals surface area (Å²) < 4.78 is 0. The van der Waals surface area contributed by atoms with Crippen LogP contribution in [0, 0.1) is 5.92 Å². The summed E-state index contributed by atoms with van der Waals surface area (Å²) in [4.78, 5) is 9.26. The standard InChI is InChI=1S/C20H34N2/c1-3-5-6-7-8-10-17-11-13-19(14-12-17)20-21-15-18(9-4-2)16-22-20/h15-17,19H,3-14H2,1-2H3. The van der Waals surface area contributed by atoms with Crippen molar-refractivity contribution in [1.29, 1.82) is 0 Å². The van der Waals surface area contributed by atoms with Gasteiger partial charge < -0.3 is 0 Å². The number of nitrogens with zero attached hydrogens (tertiary/aromatic N) is 2. The molecule has 0 aromatic carbocycles. The van der Waals surface area contributed by atoms with E-state index in [0.717, 1.165) is 18.2 Å². The van der Waals surface area contributed by atoms with E-state index in [1.165, 1.54) is 76.2 Å². The first-order valence-electron chi connectivity index (χ1n) is 9.64. The Balaban J connectivity index is 1.68. The maximum Gasteiger partial charge on any atom is 0.131 e. The molecule has 1 heterocycles. The van der Waals surface area contributed by atoms with Crippen molar-refractivity contribution >= 4 is 0 Å². The molecule has 0 saturated heterocycles. The van der Waals surface area contributed by atoms with Gasteiger partial charge in [-0.25, -0.2) is 9.97 Å². The van der Waals surface area contributed by atoms with E-state index in [1.54, 1.807) is 0 Å². The van der Waals surface area contributed by atoms with Gasteiger partial charge in [0, 0.05) is 18.3 Å². The van der Waals surface area contributed by atoms with Crippen LogP contribution in [0.15, 0.2) is 12.4 Å². The smallest absolute Gasteiger partial charge is 0.131 e. The SMILES string of the molecule is CCCCCCCC1CCC(c2ncc(CCC)cn2)CC1. The maximum atomic E-state index is 4.63. The van der Waals surface area contributed by atoms with E-state index in [2.05, 4.69) is 23.8 Å². The van der Waals surface area contributed by atoms with Gasteiger partial charge in [-0.3, -0.25) is 0 Å². The van der Waals surface area contributed by atoms with E-state index >= 15 is 0 Å². The van der Waals surface area contributed by atoms with Crippen molar-refractivity contribution in [1.82, 2.24) is 9.97 Å². The number of unbranched alkanes of at least 4 members (excludes halogenated alkanes) is 4. The molecule has 1 fully saturated rings. The molecule has 0 bridgehead atoms. The minimum atomic E-state index is 0.618. The van der Waals surface area contributed by atoms with Gasteiger partial charge in [-0.05, 0) is 43.6 Å². The molecular weight excluding hydrogens is 268 g/mol. The van der Waals surface area contributed by atoms with Crippen LogP contribution in [0.1, 0.15) is 102 Å². The van der Waals surface area contributed by atoms with Gasteiger partial charge in [0.1, 0.15) is 5.82 Å². The third-order valence-corrected chi connectivity index (χ3v) is 5.19. The molecule has 0 amide bonds. The van der Waals surface area contributed by atoms with Gasteiger partial charge in [-0.15, -0.1) is 0 Å². The topological polar surface area (TPSA) is 25.8 Å². The number of aryl methyl sites for hydroxylation is 1. The second kappa shape index (κ2) is 9.97. The number of rotatable bonds is 9. The second-order valence-electron chi connectivity index (χ2n) is 7.12. The minimum Gasteiger partial charge on any atom is -0.241 e. The normalized spacial score (nSPS) is 21.9. The predicted molar refractivity (Wildman–Crippen MR) is 94.1 cm³/mol. The van der Waals surface area contributed by atoms with Gasteiger partial charge in [0.2, 0.25) is 0 Å². The van der Waals surface area contributed by atoms with E-state index in [-0.39, 0.29) is 0 Å². The van der Waals surface area contributed by atoms with Gasteiger partial charge in [0.25, 0.3) is 0 Å². The minimum absolute atomic E-state index is 0.618. The first kappa shape index (κ1) is 17.4. The Morgan fingerprint density at radius 2 is 1.55 bits per heavy atom. The second-order valence-corrected chi connectivity index (χ2v) is 7.12. The zero-order chi connectivity index (χ0) is 15.6. The highest BCUT2D eigenvalue weighted by Crippen LogP contribution is 2.36. The van der Waals surface area contributed by atoms with Gasteiger partial charge in [0.05, 0.1) is 0 Å². The van der Waals surface area contributed by atoms with Crippen molar-refractivity contribution in [2.75, 3.05) is 0 Å². The van der Waals surface area contributed by atoms with E-state index in [1.807, 2.05) is 12.4 Å². The van der Waals surface area contributed by atoms with Gasteiger partial charge in [0.15, 0.2) is 0 Å². The number of aromatic nitrogens is 2. The van der Waals surface area contributed by atoms with Crippen molar-refractivity contribution in [3.05, 3.63) is 23.8 Å².